The fourth-order valence-corrected chi connectivity index (χ4v) is 7.64. The first-order valence-corrected chi connectivity index (χ1v) is 18.9. The third-order valence-electron chi connectivity index (χ3n) is 10.5. The topological polar surface area (TPSA) is 38.7 Å². The fourth-order valence-electron chi connectivity index (χ4n) is 7.64. The standard InChI is InChI=1S/C53H35N3/c1-3-13-36(14-4-1)39-25-28-41(29-26-39)51-54-52(56-53(55-51)49-24-12-20-40-18-9-10-23-47(40)49)46-22-11-21-44(34-46)48-32-31-43(37-15-5-2-6-16-37)35-50(48)45-30-27-38-17-7-8-19-42(38)33-45/h1-35H. The monoisotopic (exact) mass is 713 g/mol. The molecule has 0 amide bonds. The van der Waals surface area contributed by atoms with E-state index in [-0.39, 0.29) is 0 Å². The van der Waals surface area contributed by atoms with Gasteiger partial charge in [0.05, 0.1) is 0 Å². The summed E-state index contributed by atoms with van der Waals surface area (Å²) in [5, 5.41) is 4.68. The zero-order chi connectivity index (χ0) is 37.3. The second-order valence-electron chi connectivity index (χ2n) is 14.0. The van der Waals surface area contributed by atoms with Gasteiger partial charge >= 0.3 is 0 Å². The molecule has 0 radical (unpaired) electrons. The quantitative estimate of drug-likeness (QED) is 0.165. The fraction of sp³-hybridized carbons (Fsp3) is 0. The van der Waals surface area contributed by atoms with Crippen LogP contribution in [-0.4, -0.2) is 15.0 Å². The van der Waals surface area contributed by atoms with Crippen LogP contribution in [0.5, 0.6) is 0 Å². The molecule has 3 nitrogen and oxygen atoms in total. The molecule has 56 heavy (non-hydrogen) atoms. The number of fused-ring (bicyclic) bond motifs is 2. The molecule has 0 fully saturated rings. The Bertz CT molecular complexity index is 3000. The zero-order valence-corrected chi connectivity index (χ0v) is 30.5. The summed E-state index contributed by atoms with van der Waals surface area (Å²) in [6, 6.07) is 74.9. The van der Waals surface area contributed by atoms with Gasteiger partial charge in [0.15, 0.2) is 17.5 Å². The molecule has 0 saturated heterocycles. The summed E-state index contributed by atoms with van der Waals surface area (Å²) < 4.78 is 0. The molecule has 10 rings (SSSR count). The van der Waals surface area contributed by atoms with Gasteiger partial charge in [-0.1, -0.05) is 194 Å². The predicted molar refractivity (Wildman–Crippen MR) is 233 cm³/mol. The van der Waals surface area contributed by atoms with Crippen molar-refractivity contribution in [3.8, 4) is 78.7 Å². The van der Waals surface area contributed by atoms with Crippen LogP contribution in [0.25, 0.3) is 100 Å². The smallest absolute Gasteiger partial charge is 0.164 e. The summed E-state index contributed by atoms with van der Waals surface area (Å²) in [6.45, 7) is 0. The van der Waals surface area contributed by atoms with Crippen LogP contribution in [0.1, 0.15) is 0 Å². The lowest BCUT2D eigenvalue weighted by Crippen LogP contribution is -2.01. The third-order valence-corrected chi connectivity index (χ3v) is 10.5. The van der Waals surface area contributed by atoms with E-state index in [0.717, 1.165) is 44.2 Å². The van der Waals surface area contributed by atoms with E-state index in [1.807, 2.05) is 6.07 Å². The van der Waals surface area contributed by atoms with Crippen LogP contribution in [-0.2, 0) is 0 Å². The molecule has 1 aromatic heterocycles. The maximum Gasteiger partial charge on any atom is 0.164 e. The van der Waals surface area contributed by atoms with Crippen LogP contribution in [0.2, 0.25) is 0 Å². The van der Waals surface area contributed by atoms with Gasteiger partial charge in [-0.05, 0) is 84.3 Å². The molecule has 0 N–H and O–H groups in total. The molecule has 1 heterocycles. The highest BCUT2D eigenvalue weighted by Crippen LogP contribution is 2.39. The minimum atomic E-state index is 0.625. The van der Waals surface area contributed by atoms with Gasteiger partial charge in [-0.2, -0.15) is 0 Å². The summed E-state index contributed by atoms with van der Waals surface area (Å²) in [4.78, 5) is 15.5. The molecule has 262 valence electrons. The Labute approximate surface area is 326 Å². The summed E-state index contributed by atoms with van der Waals surface area (Å²) in [6.07, 6.45) is 0. The van der Waals surface area contributed by atoms with Crippen molar-refractivity contribution in [1.29, 1.82) is 0 Å². The average molecular weight is 714 g/mol. The van der Waals surface area contributed by atoms with E-state index in [1.165, 1.54) is 38.6 Å². The van der Waals surface area contributed by atoms with Gasteiger partial charge in [-0.3, -0.25) is 0 Å². The van der Waals surface area contributed by atoms with E-state index in [2.05, 4.69) is 206 Å². The maximum absolute atomic E-state index is 5.20. The molecule has 0 unspecified atom stereocenters. The Morgan fingerprint density at radius 3 is 1.50 bits per heavy atom. The molecular formula is C53H35N3. The van der Waals surface area contributed by atoms with Crippen molar-refractivity contribution in [1.82, 2.24) is 15.0 Å². The molecule has 0 aliphatic heterocycles. The second kappa shape index (κ2) is 14.4. The minimum absolute atomic E-state index is 0.625. The number of benzene rings is 9. The van der Waals surface area contributed by atoms with Crippen LogP contribution in [0.15, 0.2) is 212 Å². The lowest BCUT2D eigenvalue weighted by Gasteiger charge is -2.15. The third kappa shape index (κ3) is 6.42. The number of hydrogen-bond acceptors (Lipinski definition) is 3. The van der Waals surface area contributed by atoms with Gasteiger partial charge < -0.3 is 0 Å². The van der Waals surface area contributed by atoms with E-state index in [4.69, 9.17) is 15.0 Å². The Balaban J connectivity index is 1.13. The Morgan fingerprint density at radius 2 is 0.714 bits per heavy atom. The normalized spacial score (nSPS) is 11.2. The van der Waals surface area contributed by atoms with E-state index >= 15 is 0 Å². The molecule has 0 bridgehead atoms. The van der Waals surface area contributed by atoms with E-state index in [0.29, 0.717) is 17.5 Å². The Morgan fingerprint density at radius 1 is 0.214 bits per heavy atom. The minimum Gasteiger partial charge on any atom is -0.208 e. The van der Waals surface area contributed by atoms with E-state index in [1.54, 1.807) is 0 Å². The number of aromatic nitrogens is 3. The number of hydrogen-bond donors (Lipinski definition) is 0. The molecule has 10 aromatic rings. The summed E-state index contributed by atoms with van der Waals surface area (Å²) in [7, 11) is 0. The molecule has 0 atom stereocenters. The number of rotatable bonds is 7. The van der Waals surface area contributed by atoms with Crippen LogP contribution in [0.4, 0.5) is 0 Å². The lowest BCUT2D eigenvalue weighted by molar-refractivity contribution is 1.08. The second-order valence-corrected chi connectivity index (χ2v) is 14.0. The SMILES string of the molecule is c1ccc(-c2ccc(-c3nc(-c4cccc(-c5ccc(-c6ccccc6)cc5-c5ccc6ccccc6c5)c4)nc(-c4cccc5ccccc45)n3)cc2)cc1. The van der Waals surface area contributed by atoms with E-state index in [9.17, 15) is 0 Å². The first-order valence-electron chi connectivity index (χ1n) is 18.9. The molecule has 0 aliphatic rings. The predicted octanol–water partition coefficient (Wildman–Crippen LogP) is 13.8. The van der Waals surface area contributed by atoms with Gasteiger partial charge in [0.25, 0.3) is 0 Å². The van der Waals surface area contributed by atoms with Crippen molar-refractivity contribution in [3.05, 3.63) is 212 Å². The highest BCUT2D eigenvalue weighted by atomic mass is 15.0. The van der Waals surface area contributed by atoms with Crippen molar-refractivity contribution < 1.29 is 0 Å². The van der Waals surface area contributed by atoms with Crippen LogP contribution < -0.4 is 0 Å². The Hall–Kier alpha value is -7.49. The van der Waals surface area contributed by atoms with Gasteiger partial charge in [0.1, 0.15) is 0 Å². The van der Waals surface area contributed by atoms with Crippen molar-refractivity contribution in [2.24, 2.45) is 0 Å². The summed E-state index contributed by atoms with van der Waals surface area (Å²) in [5.74, 6) is 1.90. The van der Waals surface area contributed by atoms with Gasteiger partial charge in [-0.15, -0.1) is 0 Å². The van der Waals surface area contributed by atoms with Gasteiger partial charge in [0, 0.05) is 16.7 Å². The highest BCUT2D eigenvalue weighted by molar-refractivity contribution is 5.96. The van der Waals surface area contributed by atoms with Crippen molar-refractivity contribution >= 4 is 21.5 Å². The summed E-state index contributed by atoms with van der Waals surface area (Å²) >= 11 is 0. The first-order chi connectivity index (χ1) is 27.7. The van der Waals surface area contributed by atoms with Crippen molar-refractivity contribution in [2.45, 2.75) is 0 Å². The van der Waals surface area contributed by atoms with E-state index < -0.39 is 0 Å². The first kappa shape index (κ1) is 33.1. The molecule has 9 aromatic carbocycles. The van der Waals surface area contributed by atoms with Crippen molar-refractivity contribution in [3.63, 3.8) is 0 Å². The largest absolute Gasteiger partial charge is 0.208 e. The van der Waals surface area contributed by atoms with Gasteiger partial charge in [0.2, 0.25) is 0 Å². The van der Waals surface area contributed by atoms with Crippen LogP contribution >= 0.6 is 0 Å². The average Bonchev–Trinajstić information content (AvgIpc) is 3.29. The van der Waals surface area contributed by atoms with Crippen molar-refractivity contribution in [2.75, 3.05) is 0 Å². The zero-order valence-electron chi connectivity index (χ0n) is 30.5. The molecular weight excluding hydrogens is 679 g/mol. The maximum atomic E-state index is 5.20. The molecule has 0 saturated carbocycles. The summed E-state index contributed by atoms with van der Waals surface area (Å²) in [5.41, 5.74) is 12.1. The van der Waals surface area contributed by atoms with Gasteiger partial charge in [-0.25, -0.2) is 15.0 Å². The lowest BCUT2D eigenvalue weighted by atomic mass is 9.89. The van der Waals surface area contributed by atoms with Crippen LogP contribution in [0.3, 0.4) is 0 Å². The van der Waals surface area contributed by atoms with Crippen LogP contribution in [0, 0.1) is 0 Å². The molecule has 0 aliphatic carbocycles. The Kier molecular flexibility index (Phi) is 8.51. The molecule has 3 heteroatoms. The number of nitrogens with zero attached hydrogens (tertiary/aromatic N) is 3. The molecule has 0 spiro atoms. The highest BCUT2D eigenvalue weighted by Gasteiger charge is 2.17.